The molecule has 3 aromatic rings. The smallest absolute Gasteiger partial charge is 0.478 e. The van der Waals surface area contributed by atoms with E-state index in [1.54, 1.807) is 24.3 Å². The molecule has 0 fully saturated rings. The Balaban J connectivity index is 1.82. The predicted octanol–water partition coefficient (Wildman–Crippen LogP) is 4.48. The van der Waals surface area contributed by atoms with Crippen molar-refractivity contribution >= 4 is 17.5 Å². The number of alkyl halides is 3. The first kappa shape index (κ1) is 18.2. The summed E-state index contributed by atoms with van der Waals surface area (Å²) in [5, 5.41) is 12.2. The number of halogens is 3. The van der Waals surface area contributed by atoms with Crippen LogP contribution in [-0.4, -0.2) is 27.4 Å². The van der Waals surface area contributed by atoms with Crippen LogP contribution in [0.2, 0.25) is 0 Å². The Morgan fingerprint density at radius 2 is 1.74 bits per heavy atom. The van der Waals surface area contributed by atoms with E-state index >= 15 is 0 Å². The quantitative estimate of drug-likeness (QED) is 0.684. The van der Waals surface area contributed by atoms with Gasteiger partial charge in [-0.05, 0) is 30.3 Å². The molecule has 0 saturated heterocycles. The highest BCUT2D eigenvalue weighted by molar-refractivity contribution is 5.95. The highest BCUT2D eigenvalue weighted by Crippen LogP contribution is 2.27. The molecule has 0 unspecified atom stereocenters. The van der Waals surface area contributed by atoms with Gasteiger partial charge in [0.15, 0.2) is 0 Å². The minimum absolute atomic E-state index is 0.0933. The molecule has 1 aromatic heterocycles. The average Bonchev–Trinajstić information content (AvgIpc) is 2.62. The number of nitrogens with one attached hydrogen (secondary N) is 1. The van der Waals surface area contributed by atoms with E-state index in [9.17, 15) is 23.1 Å². The number of anilines is 2. The first-order valence-corrected chi connectivity index (χ1v) is 7.59. The number of carboxylic acid groups (broad SMARTS) is 1. The fourth-order valence-electron chi connectivity index (χ4n) is 2.35. The van der Waals surface area contributed by atoms with E-state index in [1.165, 1.54) is 24.5 Å². The molecular weight excluding hydrogens is 363 g/mol. The van der Waals surface area contributed by atoms with Crippen LogP contribution in [0.5, 0.6) is 5.75 Å². The first-order valence-electron chi connectivity index (χ1n) is 7.59. The maximum atomic E-state index is 12.2. The molecule has 0 spiro atoms. The van der Waals surface area contributed by atoms with Crippen molar-refractivity contribution in [3.63, 3.8) is 0 Å². The number of ether oxygens (including phenoxy) is 1. The number of hydrogen-bond donors (Lipinski definition) is 2. The molecule has 0 amide bonds. The molecule has 9 heteroatoms. The number of rotatable bonds is 5. The summed E-state index contributed by atoms with van der Waals surface area (Å²) in [7, 11) is 0. The number of benzene rings is 2. The van der Waals surface area contributed by atoms with Crippen molar-refractivity contribution < 1.29 is 27.8 Å². The molecule has 3 rings (SSSR count). The van der Waals surface area contributed by atoms with E-state index < -0.39 is 12.3 Å². The van der Waals surface area contributed by atoms with Crippen LogP contribution < -0.4 is 10.1 Å². The maximum absolute atomic E-state index is 12.2. The summed E-state index contributed by atoms with van der Waals surface area (Å²) in [6.45, 7) is 0. The summed E-state index contributed by atoms with van der Waals surface area (Å²) < 4.78 is 40.4. The van der Waals surface area contributed by atoms with E-state index in [1.807, 2.05) is 0 Å². The topological polar surface area (TPSA) is 84.3 Å². The Kier molecular flexibility index (Phi) is 4.93. The Bertz CT molecular complexity index is 960. The number of aromatic nitrogens is 2. The van der Waals surface area contributed by atoms with Gasteiger partial charge in [-0.15, -0.1) is 13.2 Å². The minimum atomic E-state index is -4.76. The van der Waals surface area contributed by atoms with E-state index in [0.29, 0.717) is 22.8 Å². The molecule has 1 heterocycles. The van der Waals surface area contributed by atoms with Gasteiger partial charge < -0.3 is 15.2 Å². The number of carboxylic acids is 1. The van der Waals surface area contributed by atoms with Gasteiger partial charge in [0.1, 0.15) is 17.9 Å². The van der Waals surface area contributed by atoms with E-state index in [2.05, 4.69) is 20.0 Å². The number of nitrogens with zero attached hydrogens (tertiary/aromatic N) is 2. The Morgan fingerprint density at radius 3 is 2.41 bits per heavy atom. The Hall–Kier alpha value is -3.62. The summed E-state index contributed by atoms with van der Waals surface area (Å²) in [6, 6.07) is 13.1. The average molecular weight is 375 g/mol. The van der Waals surface area contributed by atoms with Crippen LogP contribution in [-0.2, 0) is 0 Å². The molecule has 0 aliphatic carbocycles. The van der Waals surface area contributed by atoms with Gasteiger partial charge in [0.25, 0.3) is 0 Å². The van der Waals surface area contributed by atoms with Crippen LogP contribution in [0.1, 0.15) is 10.4 Å². The molecular formula is C18H12F3N3O3. The van der Waals surface area contributed by atoms with E-state index in [4.69, 9.17) is 0 Å². The highest BCUT2D eigenvalue weighted by Gasteiger charge is 2.30. The second-order valence-electron chi connectivity index (χ2n) is 5.34. The lowest BCUT2D eigenvalue weighted by atomic mass is 10.0. The number of aromatic carboxylic acids is 1. The molecule has 0 atom stereocenters. The molecule has 0 aliphatic heterocycles. The molecule has 2 N–H and O–H groups in total. The van der Waals surface area contributed by atoms with Crippen molar-refractivity contribution in [1.29, 1.82) is 0 Å². The van der Waals surface area contributed by atoms with E-state index in [0.717, 1.165) is 12.1 Å². The van der Waals surface area contributed by atoms with E-state index in [-0.39, 0.29) is 11.3 Å². The predicted molar refractivity (Wildman–Crippen MR) is 90.8 cm³/mol. The minimum Gasteiger partial charge on any atom is -0.478 e. The molecule has 0 bridgehead atoms. The van der Waals surface area contributed by atoms with Crippen molar-refractivity contribution in [3.8, 4) is 17.0 Å². The molecule has 0 aliphatic rings. The van der Waals surface area contributed by atoms with Crippen LogP contribution in [0.3, 0.4) is 0 Å². The highest BCUT2D eigenvalue weighted by atomic mass is 19.4. The third-order valence-electron chi connectivity index (χ3n) is 3.46. The maximum Gasteiger partial charge on any atom is 0.573 e. The van der Waals surface area contributed by atoms with Crippen LogP contribution >= 0.6 is 0 Å². The summed E-state index contributed by atoms with van der Waals surface area (Å²) in [6.07, 6.45) is -3.49. The summed E-state index contributed by atoms with van der Waals surface area (Å²) in [5.74, 6) is -1.07. The molecule has 138 valence electrons. The zero-order chi connectivity index (χ0) is 19.4. The Morgan fingerprint density at radius 1 is 1.04 bits per heavy atom. The molecule has 0 radical (unpaired) electrons. The molecule has 0 saturated carbocycles. The van der Waals surface area contributed by atoms with Crippen molar-refractivity contribution in [3.05, 3.63) is 66.5 Å². The lowest BCUT2D eigenvalue weighted by molar-refractivity contribution is -0.274. The van der Waals surface area contributed by atoms with Gasteiger partial charge in [-0.2, -0.15) is 0 Å². The summed E-state index contributed by atoms with van der Waals surface area (Å²) in [5.41, 5.74) is 1.38. The first-order chi connectivity index (χ1) is 12.8. The van der Waals surface area contributed by atoms with Gasteiger partial charge >= 0.3 is 12.3 Å². The van der Waals surface area contributed by atoms with Crippen molar-refractivity contribution in [2.75, 3.05) is 5.32 Å². The van der Waals surface area contributed by atoms with Crippen LogP contribution in [0, 0.1) is 0 Å². The number of hydrogen-bond acceptors (Lipinski definition) is 5. The lowest BCUT2D eigenvalue weighted by Gasteiger charge is -2.11. The zero-order valence-corrected chi connectivity index (χ0v) is 13.6. The third-order valence-corrected chi connectivity index (χ3v) is 3.46. The van der Waals surface area contributed by atoms with Crippen molar-refractivity contribution in [2.24, 2.45) is 0 Å². The van der Waals surface area contributed by atoms with Crippen molar-refractivity contribution in [1.82, 2.24) is 9.97 Å². The monoisotopic (exact) mass is 375 g/mol. The van der Waals surface area contributed by atoms with Crippen LogP contribution in [0.15, 0.2) is 60.9 Å². The fourth-order valence-corrected chi connectivity index (χ4v) is 2.35. The van der Waals surface area contributed by atoms with Gasteiger partial charge in [0.2, 0.25) is 0 Å². The van der Waals surface area contributed by atoms with Gasteiger partial charge in [-0.25, -0.2) is 14.8 Å². The second kappa shape index (κ2) is 7.32. The standard InChI is InChI=1S/C18H12F3N3O3/c19-18(20,21)27-12-7-5-11(6-8-12)24-16-9-15(22-10-23-16)13-3-1-2-4-14(13)17(25)26/h1-10H,(H,25,26)(H,22,23,24). The van der Waals surface area contributed by atoms with Crippen LogP contribution in [0.4, 0.5) is 24.7 Å². The normalized spacial score (nSPS) is 11.1. The Labute approximate surface area is 151 Å². The van der Waals surface area contributed by atoms with Gasteiger partial charge in [0, 0.05) is 17.3 Å². The fraction of sp³-hybridized carbons (Fsp3) is 0.0556. The summed E-state index contributed by atoms with van der Waals surface area (Å²) >= 11 is 0. The largest absolute Gasteiger partial charge is 0.573 e. The molecule has 27 heavy (non-hydrogen) atoms. The second-order valence-corrected chi connectivity index (χ2v) is 5.34. The lowest BCUT2D eigenvalue weighted by Crippen LogP contribution is -2.16. The third kappa shape index (κ3) is 4.72. The van der Waals surface area contributed by atoms with Gasteiger partial charge in [-0.3, -0.25) is 0 Å². The molecule has 6 nitrogen and oxygen atoms in total. The summed E-state index contributed by atoms with van der Waals surface area (Å²) in [4.78, 5) is 19.5. The van der Waals surface area contributed by atoms with Crippen LogP contribution in [0.25, 0.3) is 11.3 Å². The van der Waals surface area contributed by atoms with Crippen molar-refractivity contribution in [2.45, 2.75) is 6.36 Å². The molecule has 2 aromatic carbocycles. The SMILES string of the molecule is O=C(O)c1ccccc1-c1cc(Nc2ccc(OC(F)(F)F)cc2)ncn1. The van der Waals surface area contributed by atoms with Gasteiger partial charge in [-0.1, -0.05) is 18.2 Å². The zero-order valence-electron chi connectivity index (χ0n) is 13.6. The number of carbonyl (C=O) groups is 1. The van der Waals surface area contributed by atoms with Gasteiger partial charge in [0.05, 0.1) is 11.3 Å².